The maximum atomic E-state index is 9.96. The summed E-state index contributed by atoms with van der Waals surface area (Å²) in [7, 11) is 0. The van der Waals surface area contributed by atoms with Crippen molar-refractivity contribution in [3.8, 4) is 0 Å². The van der Waals surface area contributed by atoms with Crippen molar-refractivity contribution in [1.29, 1.82) is 0 Å². The van der Waals surface area contributed by atoms with Gasteiger partial charge in [-0.15, -0.1) is 0 Å². The van der Waals surface area contributed by atoms with Crippen molar-refractivity contribution in [2.75, 3.05) is 5.75 Å². The molecule has 18 heavy (non-hydrogen) atoms. The van der Waals surface area contributed by atoms with Gasteiger partial charge in [-0.1, -0.05) is 42.4 Å². The van der Waals surface area contributed by atoms with Gasteiger partial charge in [0.2, 0.25) is 5.89 Å². The number of thioether (sulfide) groups is 1. The predicted molar refractivity (Wildman–Crippen MR) is 71.2 cm³/mol. The fraction of sp³-hybridized carbons (Fsp3) is 0.385. The normalized spacial score (nSPS) is 12.6. The van der Waals surface area contributed by atoms with Crippen LogP contribution >= 0.6 is 11.8 Å². The first kappa shape index (κ1) is 13.1. The van der Waals surface area contributed by atoms with Crippen LogP contribution in [0.1, 0.15) is 30.3 Å². The standard InChI is InChI=1S/C13H16N2O2S/c1-2-13-14-12(15-17-13)9-18-8-11(16)10-6-4-3-5-7-10/h3-7,11,16H,2,8-9H2,1H3. The Hall–Kier alpha value is -1.33. The summed E-state index contributed by atoms with van der Waals surface area (Å²) in [6.45, 7) is 1.98. The summed E-state index contributed by atoms with van der Waals surface area (Å²) in [5.41, 5.74) is 0.937. The number of nitrogens with zero attached hydrogens (tertiary/aromatic N) is 2. The zero-order valence-corrected chi connectivity index (χ0v) is 11.1. The van der Waals surface area contributed by atoms with E-state index in [4.69, 9.17) is 4.52 Å². The molecule has 0 aliphatic heterocycles. The number of hydrogen-bond acceptors (Lipinski definition) is 5. The first-order valence-corrected chi connectivity index (χ1v) is 7.07. The number of benzene rings is 1. The van der Waals surface area contributed by atoms with Crippen LogP contribution in [0, 0.1) is 0 Å². The van der Waals surface area contributed by atoms with Crippen LogP contribution in [0.25, 0.3) is 0 Å². The van der Waals surface area contributed by atoms with Gasteiger partial charge >= 0.3 is 0 Å². The minimum atomic E-state index is -0.450. The van der Waals surface area contributed by atoms with Gasteiger partial charge in [-0.25, -0.2) is 0 Å². The molecule has 0 aliphatic rings. The van der Waals surface area contributed by atoms with E-state index in [1.807, 2.05) is 37.3 Å². The van der Waals surface area contributed by atoms with Crippen molar-refractivity contribution in [2.45, 2.75) is 25.2 Å². The number of aliphatic hydroxyl groups is 1. The molecule has 1 heterocycles. The summed E-state index contributed by atoms with van der Waals surface area (Å²) in [5.74, 6) is 2.64. The van der Waals surface area contributed by atoms with E-state index in [-0.39, 0.29) is 0 Å². The van der Waals surface area contributed by atoms with Gasteiger partial charge in [0.1, 0.15) is 0 Å². The summed E-state index contributed by atoms with van der Waals surface area (Å²) in [4.78, 5) is 4.22. The Morgan fingerprint density at radius 2 is 2.11 bits per heavy atom. The number of rotatable bonds is 6. The Balaban J connectivity index is 1.78. The molecule has 4 nitrogen and oxygen atoms in total. The highest BCUT2D eigenvalue weighted by Gasteiger charge is 2.09. The van der Waals surface area contributed by atoms with E-state index < -0.39 is 6.10 Å². The van der Waals surface area contributed by atoms with Gasteiger partial charge < -0.3 is 9.63 Å². The van der Waals surface area contributed by atoms with Gasteiger partial charge in [0.15, 0.2) is 5.82 Å². The van der Waals surface area contributed by atoms with Crippen molar-refractivity contribution in [1.82, 2.24) is 10.1 Å². The quantitative estimate of drug-likeness (QED) is 0.869. The molecule has 0 fully saturated rings. The van der Waals surface area contributed by atoms with E-state index in [2.05, 4.69) is 10.1 Å². The third-order valence-electron chi connectivity index (χ3n) is 2.50. The lowest BCUT2D eigenvalue weighted by molar-refractivity contribution is 0.204. The van der Waals surface area contributed by atoms with Gasteiger partial charge in [-0.2, -0.15) is 16.7 Å². The molecule has 0 amide bonds. The Morgan fingerprint density at radius 3 is 2.78 bits per heavy atom. The number of aryl methyl sites for hydroxylation is 1. The Morgan fingerprint density at radius 1 is 1.33 bits per heavy atom. The molecule has 96 valence electrons. The predicted octanol–water partition coefficient (Wildman–Crippen LogP) is 2.60. The van der Waals surface area contributed by atoms with Crippen molar-refractivity contribution in [3.05, 3.63) is 47.6 Å². The lowest BCUT2D eigenvalue weighted by Crippen LogP contribution is -2.00. The lowest BCUT2D eigenvalue weighted by atomic mass is 10.1. The number of hydrogen-bond donors (Lipinski definition) is 1. The molecule has 0 aliphatic carbocycles. The molecule has 5 heteroatoms. The molecule has 2 aromatic rings. The summed E-state index contributed by atoms with van der Waals surface area (Å²) < 4.78 is 5.02. The van der Waals surface area contributed by atoms with E-state index >= 15 is 0 Å². The lowest BCUT2D eigenvalue weighted by Gasteiger charge is -2.09. The van der Waals surface area contributed by atoms with Crippen LogP contribution in [-0.2, 0) is 12.2 Å². The topological polar surface area (TPSA) is 59.2 Å². The highest BCUT2D eigenvalue weighted by atomic mass is 32.2. The smallest absolute Gasteiger partial charge is 0.226 e. The second kappa shape index (κ2) is 6.56. The second-order valence-corrected chi connectivity index (χ2v) is 4.93. The largest absolute Gasteiger partial charge is 0.388 e. The molecule has 0 spiro atoms. The zero-order chi connectivity index (χ0) is 12.8. The monoisotopic (exact) mass is 264 g/mol. The third-order valence-corrected chi connectivity index (χ3v) is 3.52. The van der Waals surface area contributed by atoms with Gasteiger partial charge in [-0.3, -0.25) is 0 Å². The molecule has 2 rings (SSSR count). The molecule has 1 aromatic carbocycles. The van der Waals surface area contributed by atoms with Crippen molar-refractivity contribution in [3.63, 3.8) is 0 Å². The fourth-order valence-corrected chi connectivity index (χ4v) is 2.36. The first-order chi connectivity index (χ1) is 8.79. The number of aromatic nitrogens is 2. The highest BCUT2D eigenvalue weighted by molar-refractivity contribution is 7.98. The van der Waals surface area contributed by atoms with Crippen molar-refractivity contribution < 1.29 is 9.63 Å². The molecule has 1 atom stereocenters. The van der Waals surface area contributed by atoms with Crippen LogP contribution in [0.15, 0.2) is 34.9 Å². The molecule has 0 bridgehead atoms. The van der Waals surface area contributed by atoms with Crippen molar-refractivity contribution >= 4 is 11.8 Å². The minimum absolute atomic E-state index is 0.450. The van der Waals surface area contributed by atoms with E-state index in [0.717, 1.165) is 12.0 Å². The molecule has 0 saturated carbocycles. The van der Waals surface area contributed by atoms with Crippen LogP contribution in [-0.4, -0.2) is 21.0 Å². The highest BCUT2D eigenvalue weighted by Crippen LogP contribution is 2.20. The fourth-order valence-electron chi connectivity index (χ4n) is 1.53. The first-order valence-electron chi connectivity index (χ1n) is 5.91. The van der Waals surface area contributed by atoms with Crippen LogP contribution in [0.4, 0.5) is 0 Å². The van der Waals surface area contributed by atoms with Crippen LogP contribution < -0.4 is 0 Å². The van der Waals surface area contributed by atoms with Gasteiger partial charge in [0, 0.05) is 12.2 Å². The van der Waals surface area contributed by atoms with Crippen LogP contribution in [0.3, 0.4) is 0 Å². The average molecular weight is 264 g/mol. The SMILES string of the molecule is CCc1nc(CSCC(O)c2ccccc2)no1. The molecule has 1 unspecified atom stereocenters. The molecule has 1 aromatic heterocycles. The molecule has 0 saturated heterocycles. The van der Waals surface area contributed by atoms with E-state index in [9.17, 15) is 5.11 Å². The molecule has 1 N–H and O–H groups in total. The third kappa shape index (κ3) is 3.58. The van der Waals surface area contributed by atoms with Gasteiger partial charge in [-0.05, 0) is 5.56 Å². The number of aliphatic hydroxyl groups excluding tert-OH is 1. The summed E-state index contributed by atoms with van der Waals surface area (Å²) >= 11 is 1.60. The van der Waals surface area contributed by atoms with Gasteiger partial charge in [0.25, 0.3) is 0 Å². The molecular weight excluding hydrogens is 248 g/mol. The van der Waals surface area contributed by atoms with E-state index in [1.54, 1.807) is 11.8 Å². The Labute approximate surface area is 110 Å². The van der Waals surface area contributed by atoms with Gasteiger partial charge in [0.05, 0.1) is 11.9 Å². The average Bonchev–Trinajstić information content (AvgIpc) is 2.87. The minimum Gasteiger partial charge on any atom is -0.388 e. The van der Waals surface area contributed by atoms with Crippen molar-refractivity contribution in [2.24, 2.45) is 0 Å². The summed E-state index contributed by atoms with van der Waals surface area (Å²) in [5, 5.41) is 13.8. The zero-order valence-electron chi connectivity index (χ0n) is 10.2. The van der Waals surface area contributed by atoms with E-state index in [1.165, 1.54) is 0 Å². The Bertz CT molecular complexity index is 473. The Kier molecular flexibility index (Phi) is 4.78. The van der Waals surface area contributed by atoms with Crippen LogP contribution in [0.5, 0.6) is 0 Å². The second-order valence-electron chi connectivity index (χ2n) is 3.90. The molecular formula is C13H16N2O2S. The summed E-state index contributed by atoms with van der Waals surface area (Å²) in [6.07, 6.45) is 0.304. The maximum absolute atomic E-state index is 9.96. The molecule has 0 radical (unpaired) electrons. The summed E-state index contributed by atoms with van der Waals surface area (Å²) in [6, 6.07) is 9.64. The van der Waals surface area contributed by atoms with Crippen LogP contribution in [0.2, 0.25) is 0 Å². The van der Waals surface area contributed by atoms with E-state index in [0.29, 0.717) is 23.2 Å². The maximum Gasteiger partial charge on any atom is 0.226 e.